The minimum Gasteiger partial charge on any atom is -0.494 e. The predicted molar refractivity (Wildman–Crippen MR) is 153 cm³/mol. The molecule has 4 N–H and O–H groups in total. The van der Waals surface area contributed by atoms with Gasteiger partial charge in [0, 0.05) is 31.6 Å². The average Bonchev–Trinajstić information content (AvgIpc) is 3.62. The van der Waals surface area contributed by atoms with Crippen LogP contribution in [0.15, 0.2) is 79.0 Å². The third kappa shape index (κ3) is 7.43. The van der Waals surface area contributed by atoms with Crippen LogP contribution in [0, 0.1) is 0 Å². The largest absolute Gasteiger partial charge is 0.494 e. The average molecular weight is 554 g/mol. The molecule has 0 saturated heterocycles. The Morgan fingerprint density at radius 2 is 1.78 bits per heavy atom. The number of carbonyl (C=O) groups is 2. The van der Waals surface area contributed by atoms with Gasteiger partial charge in [-0.15, -0.1) is 10.2 Å². The molecule has 0 atom stereocenters. The maximum atomic E-state index is 13.3. The van der Waals surface area contributed by atoms with E-state index >= 15 is 0 Å². The number of aromatic nitrogens is 5. The first-order chi connectivity index (χ1) is 20.1. The number of fused-ring (bicyclic) bond motifs is 1. The van der Waals surface area contributed by atoms with Gasteiger partial charge in [0.2, 0.25) is 0 Å². The maximum Gasteiger partial charge on any atom is 0.347 e. The number of amides is 1. The fourth-order valence-electron chi connectivity index (χ4n) is 4.94. The molecular weight excluding hydrogens is 520 g/mol. The zero-order chi connectivity index (χ0) is 28.4. The van der Waals surface area contributed by atoms with E-state index in [1.165, 1.54) is 5.56 Å². The number of hydrogen-bond acceptors (Lipinski definition) is 6. The number of aliphatic carboxylic acids is 1. The third-order valence-electron chi connectivity index (χ3n) is 6.94. The van der Waals surface area contributed by atoms with Crippen molar-refractivity contribution >= 4 is 28.5 Å². The van der Waals surface area contributed by atoms with Crippen molar-refractivity contribution in [3.63, 3.8) is 0 Å². The van der Waals surface area contributed by atoms with Gasteiger partial charge in [-0.05, 0) is 67.1 Å². The fourth-order valence-corrected chi connectivity index (χ4v) is 4.94. The minimum absolute atomic E-state index is 0.0809. The van der Waals surface area contributed by atoms with Crippen molar-refractivity contribution in [3.05, 3.63) is 102 Å². The normalized spacial score (nSPS) is 11.1. The van der Waals surface area contributed by atoms with Crippen LogP contribution in [-0.4, -0.2) is 48.8 Å². The van der Waals surface area contributed by atoms with Crippen molar-refractivity contribution in [1.29, 1.82) is 0 Å². The predicted octanol–water partition coefficient (Wildman–Crippen LogP) is 4.05. The molecule has 2 aromatic heterocycles. The number of aryl methyl sites for hydroxylation is 2. The molecule has 5 aromatic rings. The molecule has 10 nitrogen and oxygen atoms in total. The van der Waals surface area contributed by atoms with Gasteiger partial charge >= 0.3 is 11.9 Å². The molecule has 10 heteroatoms. The first-order valence-electron chi connectivity index (χ1n) is 13.8. The molecule has 0 aliphatic rings. The number of nitrogens with two attached hydrogens (primary N) is 1. The lowest BCUT2D eigenvalue weighted by atomic mass is 10.1. The second-order valence-electron chi connectivity index (χ2n) is 9.92. The van der Waals surface area contributed by atoms with Crippen molar-refractivity contribution in [1.82, 2.24) is 25.2 Å². The van der Waals surface area contributed by atoms with Crippen molar-refractivity contribution < 1.29 is 24.7 Å². The zero-order valence-corrected chi connectivity index (χ0v) is 22.7. The SMILES string of the molecule is O=C(O)CCCn1cc(Cc2nn[nH]n2)c2c([NH2+]C(=O)c3ccc(OCCCCc4ccccc4)cc3)cccc21. The quantitative estimate of drug-likeness (QED) is 0.139. The highest BCUT2D eigenvalue weighted by Gasteiger charge is 2.20. The van der Waals surface area contributed by atoms with Crippen LogP contribution in [-0.2, 0) is 24.2 Å². The van der Waals surface area contributed by atoms with Crippen LogP contribution < -0.4 is 10.1 Å². The summed E-state index contributed by atoms with van der Waals surface area (Å²) in [6.45, 7) is 1.17. The van der Waals surface area contributed by atoms with Gasteiger partial charge in [0.05, 0.1) is 23.1 Å². The van der Waals surface area contributed by atoms with E-state index in [1.807, 2.05) is 47.2 Å². The van der Waals surface area contributed by atoms with Gasteiger partial charge in [0.1, 0.15) is 11.4 Å². The van der Waals surface area contributed by atoms with Crippen LogP contribution in [0.4, 0.5) is 5.69 Å². The van der Waals surface area contributed by atoms with Crippen LogP contribution in [0.2, 0.25) is 0 Å². The number of carboxylic acids is 1. The third-order valence-corrected chi connectivity index (χ3v) is 6.94. The molecule has 210 valence electrons. The van der Waals surface area contributed by atoms with Crippen molar-refractivity contribution in [3.8, 4) is 5.75 Å². The van der Waals surface area contributed by atoms with Crippen LogP contribution in [0.3, 0.4) is 0 Å². The lowest BCUT2D eigenvalue weighted by Gasteiger charge is -2.08. The number of tetrazole rings is 1. The minimum atomic E-state index is -0.826. The molecule has 2 heterocycles. The molecule has 41 heavy (non-hydrogen) atoms. The molecule has 0 aliphatic heterocycles. The molecule has 0 spiro atoms. The zero-order valence-electron chi connectivity index (χ0n) is 22.7. The number of nitrogens with zero attached hydrogens (tertiary/aromatic N) is 4. The number of primary amides is 1. The molecule has 0 saturated carbocycles. The highest BCUT2D eigenvalue weighted by Crippen LogP contribution is 2.28. The Morgan fingerprint density at radius 1 is 0.951 bits per heavy atom. The summed E-state index contributed by atoms with van der Waals surface area (Å²) in [6.07, 6.45) is 6.02. The van der Waals surface area contributed by atoms with E-state index in [1.54, 1.807) is 17.4 Å². The number of ether oxygens (including phenoxy) is 1. The smallest absolute Gasteiger partial charge is 0.347 e. The first kappa shape index (κ1) is 27.7. The van der Waals surface area contributed by atoms with E-state index in [2.05, 4.69) is 44.9 Å². The standard InChI is InChI=1S/C31H32N6O4/c38-29(39)13-7-18-37-21-24(20-28-33-35-36-34-28)30-26(11-6-12-27(30)37)32-31(40)23-14-16-25(17-15-23)41-19-5-4-10-22-8-2-1-3-9-22/h1-3,6,8-9,11-12,14-17,21H,4-5,7,10,13,18-20H2,(H,32,40)(H,38,39)(H,33,34,35,36)/p+1. The number of unbranched alkanes of at least 4 members (excludes halogenated alkanes) is 1. The van der Waals surface area contributed by atoms with E-state index in [9.17, 15) is 9.59 Å². The van der Waals surface area contributed by atoms with E-state index < -0.39 is 5.97 Å². The van der Waals surface area contributed by atoms with E-state index in [4.69, 9.17) is 9.84 Å². The van der Waals surface area contributed by atoms with Gasteiger partial charge in [-0.1, -0.05) is 41.6 Å². The summed E-state index contributed by atoms with van der Waals surface area (Å²) in [4.78, 5) is 24.3. The molecule has 0 fully saturated rings. The summed E-state index contributed by atoms with van der Waals surface area (Å²) in [5.41, 5.74) is 4.54. The van der Waals surface area contributed by atoms with Gasteiger partial charge in [-0.2, -0.15) is 5.21 Å². The van der Waals surface area contributed by atoms with Crippen LogP contribution in [0.1, 0.15) is 53.0 Å². The van der Waals surface area contributed by atoms with Gasteiger partial charge in [-0.3, -0.25) is 4.79 Å². The number of aromatic amines is 1. The number of hydrogen-bond donors (Lipinski definition) is 3. The molecule has 3 aromatic carbocycles. The first-order valence-corrected chi connectivity index (χ1v) is 13.8. The number of rotatable bonds is 14. The Balaban J connectivity index is 1.24. The van der Waals surface area contributed by atoms with Crippen LogP contribution in [0.25, 0.3) is 10.9 Å². The molecule has 0 radical (unpaired) electrons. The molecular formula is C31H33N6O4+. The Kier molecular flexibility index (Phi) is 9.12. The number of benzene rings is 3. The summed E-state index contributed by atoms with van der Waals surface area (Å²) >= 11 is 0. The number of H-pyrrole nitrogens is 1. The van der Waals surface area contributed by atoms with Gasteiger partial charge in [0.15, 0.2) is 5.82 Å². The van der Waals surface area contributed by atoms with Crippen molar-refractivity contribution in [2.75, 3.05) is 6.61 Å². The second-order valence-corrected chi connectivity index (χ2v) is 9.92. The molecule has 0 aliphatic carbocycles. The van der Waals surface area contributed by atoms with Gasteiger partial charge < -0.3 is 14.4 Å². The molecule has 5 rings (SSSR count). The summed E-state index contributed by atoms with van der Waals surface area (Å²) in [7, 11) is 0. The number of nitrogens with one attached hydrogen (secondary N) is 1. The summed E-state index contributed by atoms with van der Waals surface area (Å²) < 4.78 is 7.92. The van der Waals surface area contributed by atoms with E-state index in [-0.39, 0.29) is 12.3 Å². The molecule has 0 bridgehead atoms. The van der Waals surface area contributed by atoms with Gasteiger partial charge in [0.25, 0.3) is 0 Å². The van der Waals surface area contributed by atoms with Crippen LogP contribution in [0.5, 0.6) is 5.75 Å². The summed E-state index contributed by atoms with van der Waals surface area (Å²) in [5.74, 6) is 0.333. The maximum absolute atomic E-state index is 13.3. The topological polar surface area (TPSA) is 140 Å². The van der Waals surface area contributed by atoms with Crippen molar-refractivity contribution in [2.45, 2.75) is 45.1 Å². The molecule has 1 amide bonds. The monoisotopic (exact) mass is 553 g/mol. The van der Waals surface area contributed by atoms with Gasteiger partial charge in [-0.25, -0.2) is 10.1 Å². The number of quaternary nitrogens is 1. The van der Waals surface area contributed by atoms with Crippen LogP contribution >= 0.6 is 0 Å². The summed E-state index contributed by atoms with van der Waals surface area (Å²) in [5, 5.41) is 25.9. The number of carboxylic acid groups (broad SMARTS) is 1. The summed E-state index contributed by atoms with van der Waals surface area (Å²) in [6, 6.07) is 23.5. The van der Waals surface area contributed by atoms with Crippen molar-refractivity contribution in [2.24, 2.45) is 0 Å². The van der Waals surface area contributed by atoms with E-state index in [0.717, 1.165) is 47.2 Å². The molecule has 0 unspecified atom stereocenters. The second kappa shape index (κ2) is 13.5. The highest BCUT2D eigenvalue weighted by atomic mass is 16.5. The Morgan fingerprint density at radius 3 is 2.54 bits per heavy atom. The van der Waals surface area contributed by atoms with E-state index in [0.29, 0.717) is 37.4 Å². The Hall–Kier alpha value is -4.83. The Bertz CT molecular complexity index is 1580. The highest BCUT2D eigenvalue weighted by molar-refractivity contribution is 5.95. The fraction of sp³-hybridized carbons (Fsp3) is 0.258. The Labute approximate surface area is 237 Å². The lowest BCUT2D eigenvalue weighted by molar-refractivity contribution is -0.462. The lowest BCUT2D eigenvalue weighted by Crippen LogP contribution is -2.82. The number of carbonyl (C=O) groups excluding carboxylic acids is 1.